The number of pyridine rings is 1. The van der Waals surface area contributed by atoms with E-state index >= 15 is 0 Å². The van der Waals surface area contributed by atoms with Crippen LogP contribution in [0.1, 0.15) is 23.1 Å². The number of aliphatic carboxylic acids is 1. The average molecular weight is 327 g/mol. The molecular weight excluding hydrogens is 306 g/mol. The van der Waals surface area contributed by atoms with E-state index in [1.54, 1.807) is 24.5 Å². The van der Waals surface area contributed by atoms with E-state index in [1.165, 1.54) is 0 Å². The summed E-state index contributed by atoms with van der Waals surface area (Å²) in [5.41, 5.74) is 3.61. The number of hydrogen-bond acceptors (Lipinski definition) is 4. The van der Waals surface area contributed by atoms with Gasteiger partial charge in [0.15, 0.2) is 0 Å². The zero-order valence-corrected chi connectivity index (χ0v) is 13.7. The highest BCUT2D eigenvalue weighted by molar-refractivity contribution is 5.94. The van der Waals surface area contributed by atoms with Crippen molar-refractivity contribution in [1.82, 2.24) is 10.3 Å². The molecule has 2 aromatic rings. The molecule has 0 radical (unpaired) electrons. The quantitative estimate of drug-likeness (QED) is 0.725. The Morgan fingerprint density at radius 1 is 1.21 bits per heavy atom. The van der Waals surface area contributed by atoms with Crippen LogP contribution in [-0.2, 0) is 16.1 Å². The third-order valence-electron chi connectivity index (χ3n) is 3.84. The fourth-order valence-corrected chi connectivity index (χ4v) is 2.26. The number of hydrogen-bond donors (Lipinski definition) is 3. The van der Waals surface area contributed by atoms with Crippen LogP contribution >= 0.6 is 0 Å². The van der Waals surface area contributed by atoms with Crippen LogP contribution in [0.3, 0.4) is 0 Å². The van der Waals surface area contributed by atoms with Crippen molar-refractivity contribution in [3.05, 3.63) is 59.4 Å². The zero-order chi connectivity index (χ0) is 17.5. The number of aryl methyl sites for hydroxylation is 1. The van der Waals surface area contributed by atoms with Crippen LogP contribution in [0.15, 0.2) is 42.7 Å². The minimum atomic E-state index is -1.06. The molecule has 1 atom stereocenters. The minimum absolute atomic E-state index is 0.150. The van der Waals surface area contributed by atoms with Crippen LogP contribution in [0.25, 0.3) is 0 Å². The summed E-state index contributed by atoms with van der Waals surface area (Å²) >= 11 is 0. The summed E-state index contributed by atoms with van der Waals surface area (Å²) in [6.45, 7) is 4.21. The van der Waals surface area contributed by atoms with Crippen LogP contribution < -0.4 is 10.6 Å². The number of amides is 1. The van der Waals surface area contributed by atoms with Crippen LogP contribution in [0.2, 0.25) is 0 Å². The molecule has 1 aromatic carbocycles. The number of carbonyl (C=O) groups is 2. The van der Waals surface area contributed by atoms with E-state index in [4.69, 9.17) is 0 Å². The van der Waals surface area contributed by atoms with Gasteiger partial charge in [-0.3, -0.25) is 19.9 Å². The first-order valence-electron chi connectivity index (χ1n) is 7.68. The second-order valence-corrected chi connectivity index (χ2v) is 5.63. The summed E-state index contributed by atoms with van der Waals surface area (Å²) in [6.07, 6.45) is 3.15. The monoisotopic (exact) mass is 327 g/mol. The van der Waals surface area contributed by atoms with E-state index in [0.29, 0.717) is 12.2 Å². The maximum atomic E-state index is 12.2. The Kier molecular flexibility index (Phi) is 6.03. The van der Waals surface area contributed by atoms with Crippen LogP contribution in [0.4, 0.5) is 5.69 Å². The Bertz CT molecular complexity index is 717. The Balaban J connectivity index is 1.95. The molecule has 0 spiro atoms. The predicted octanol–water partition coefficient (Wildman–Crippen LogP) is 2.27. The fraction of sp³-hybridized carbons (Fsp3) is 0.278. The molecule has 1 aromatic heterocycles. The molecule has 0 fully saturated rings. The smallest absolute Gasteiger partial charge is 0.321 e. The highest BCUT2D eigenvalue weighted by Crippen LogP contribution is 2.18. The third-order valence-corrected chi connectivity index (χ3v) is 3.84. The number of benzene rings is 1. The lowest BCUT2D eigenvalue weighted by atomic mass is 10.1. The Morgan fingerprint density at radius 2 is 2.00 bits per heavy atom. The SMILES string of the molecule is Cc1cccc(NC(=O)C[C@H](NCc2cccnc2)C(=O)O)c1C. The summed E-state index contributed by atoms with van der Waals surface area (Å²) in [7, 11) is 0. The molecule has 0 aliphatic carbocycles. The molecular formula is C18H21N3O3. The number of anilines is 1. The van der Waals surface area contributed by atoms with Gasteiger partial charge < -0.3 is 10.4 Å². The molecule has 126 valence electrons. The third kappa shape index (κ3) is 4.89. The average Bonchev–Trinajstić information content (AvgIpc) is 2.56. The van der Waals surface area contributed by atoms with Gasteiger partial charge in [0.1, 0.15) is 6.04 Å². The number of nitrogens with zero attached hydrogens (tertiary/aromatic N) is 1. The van der Waals surface area contributed by atoms with Gasteiger partial charge in [0, 0.05) is 24.6 Å². The summed E-state index contributed by atoms with van der Waals surface area (Å²) < 4.78 is 0. The second-order valence-electron chi connectivity index (χ2n) is 5.63. The lowest BCUT2D eigenvalue weighted by molar-refractivity contribution is -0.141. The van der Waals surface area contributed by atoms with Gasteiger partial charge in [-0.2, -0.15) is 0 Å². The highest BCUT2D eigenvalue weighted by atomic mass is 16.4. The molecule has 0 saturated heterocycles. The predicted molar refractivity (Wildman–Crippen MR) is 91.7 cm³/mol. The van der Waals surface area contributed by atoms with Crippen molar-refractivity contribution in [2.75, 3.05) is 5.32 Å². The van der Waals surface area contributed by atoms with E-state index in [9.17, 15) is 14.7 Å². The Hall–Kier alpha value is -2.73. The summed E-state index contributed by atoms with van der Waals surface area (Å²) in [6, 6.07) is 8.28. The lowest BCUT2D eigenvalue weighted by Gasteiger charge is -2.15. The van der Waals surface area contributed by atoms with Crippen molar-refractivity contribution >= 4 is 17.6 Å². The van der Waals surface area contributed by atoms with E-state index in [2.05, 4.69) is 15.6 Å². The molecule has 0 bridgehead atoms. The van der Waals surface area contributed by atoms with Gasteiger partial charge in [-0.15, -0.1) is 0 Å². The number of carbonyl (C=O) groups excluding carboxylic acids is 1. The van der Waals surface area contributed by atoms with Crippen molar-refractivity contribution in [3.63, 3.8) is 0 Å². The van der Waals surface area contributed by atoms with E-state index in [1.807, 2.05) is 32.0 Å². The lowest BCUT2D eigenvalue weighted by Crippen LogP contribution is -2.39. The van der Waals surface area contributed by atoms with Crippen molar-refractivity contribution in [3.8, 4) is 0 Å². The largest absolute Gasteiger partial charge is 0.480 e. The van der Waals surface area contributed by atoms with Gasteiger partial charge in [0.25, 0.3) is 0 Å². The molecule has 6 nitrogen and oxygen atoms in total. The first-order chi connectivity index (χ1) is 11.5. The van der Waals surface area contributed by atoms with Crippen LogP contribution in [0, 0.1) is 13.8 Å². The Morgan fingerprint density at radius 3 is 2.67 bits per heavy atom. The van der Waals surface area contributed by atoms with Crippen LogP contribution in [-0.4, -0.2) is 28.0 Å². The molecule has 2 rings (SSSR count). The topological polar surface area (TPSA) is 91.3 Å². The summed E-state index contributed by atoms with van der Waals surface area (Å²) in [5, 5.41) is 15.0. The first-order valence-corrected chi connectivity index (χ1v) is 7.68. The van der Waals surface area contributed by atoms with Gasteiger partial charge in [0.2, 0.25) is 5.91 Å². The standard InChI is InChI=1S/C18H21N3O3/c1-12-5-3-7-15(13(12)2)21-17(22)9-16(18(23)24)20-11-14-6-4-8-19-10-14/h3-8,10,16,20H,9,11H2,1-2H3,(H,21,22)(H,23,24)/t16-/m0/s1. The Labute approximate surface area is 140 Å². The second kappa shape index (κ2) is 8.21. The molecule has 3 N–H and O–H groups in total. The number of carboxylic acid groups (broad SMARTS) is 1. The van der Waals surface area contributed by atoms with Gasteiger partial charge >= 0.3 is 5.97 Å². The van der Waals surface area contributed by atoms with Crippen molar-refractivity contribution in [1.29, 1.82) is 0 Å². The van der Waals surface area contributed by atoms with E-state index in [0.717, 1.165) is 16.7 Å². The molecule has 6 heteroatoms. The number of nitrogens with one attached hydrogen (secondary N) is 2. The summed E-state index contributed by atoms with van der Waals surface area (Å²) in [4.78, 5) is 27.5. The minimum Gasteiger partial charge on any atom is -0.480 e. The van der Waals surface area contributed by atoms with Crippen LogP contribution in [0.5, 0.6) is 0 Å². The molecule has 1 amide bonds. The van der Waals surface area contributed by atoms with Gasteiger partial charge in [0.05, 0.1) is 6.42 Å². The normalized spacial score (nSPS) is 11.8. The number of rotatable bonds is 7. The molecule has 24 heavy (non-hydrogen) atoms. The first kappa shape index (κ1) is 17.6. The van der Waals surface area contributed by atoms with Crippen molar-refractivity contribution in [2.24, 2.45) is 0 Å². The fourth-order valence-electron chi connectivity index (χ4n) is 2.26. The van der Waals surface area contributed by atoms with E-state index < -0.39 is 12.0 Å². The van der Waals surface area contributed by atoms with Crippen molar-refractivity contribution in [2.45, 2.75) is 32.9 Å². The van der Waals surface area contributed by atoms with E-state index in [-0.39, 0.29) is 12.3 Å². The molecule has 0 aliphatic heterocycles. The van der Waals surface area contributed by atoms with Gasteiger partial charge in [-0.25, -0.2) is 0 Å². The zero-order valence-electron chi connectivity index (χ0n) is 13.7. The maximum Gasteiger partial charge on any atom is 0.321 e. The van der Waals surface area contributed by atoms with Gasteiger partial charge in [-0.05, 0) is 42.7 Å². The molecule has 1 heterocycles. The highest BCUT2D eigenvalue weighted by Gasteiger charge is 2.21. The maximum absolute atomic E-state index is 12.2. The van der Waals surface area contributed by atoms with Gasteiger partial charge in [-0.1, -0.05) is 18.2 Å². The number of carboxylic acids is 1. The van der Waals surface area contributed by atoms with Crippen molar-refractivity contribution < 1.29 is 14.7 Å². The molecule has 0 saturated carbocycles. The summed E-state index contributed by atoms with van der Waals surface area (Å²) in [5.74, 6) is -1.40. The molecule has 0 aliphatic rings. The molecule has 0 unspecified atom stereocenters. The number of aromatic nitrogens is 1.